The van der Waals surface area contributed by atoms with Gasteiger partial charge in [-0.3, -0.25) is 0 Å². The van der Waals surface area contributed by atoms with Crippen LogP contribution in [0.5, 0.6) is 23.0 Å². The number of phenolic OH excluding ortho intramolecular Hbond substituents is 2. The van der Waals surface area contributed by atoms with Crippen LogP contribution in [0.1, 0.15) is 42.0 Å². The van der Waals surface area contributed by atoms with Crippen molar-refractivity contribution in [3.63, 3.8) is 0 Å². The van der Waals surface area contributed by atoms with E-state index in [2.05, 4.69) is 38.1 Å². The lowest BCUT2D eigenvalue weighted by Gasteiger charge is -2.31. The number of hydrogen-bond acceptors (Lipinski definition) is 3. The first-order chi connectivity index (χ1) is 16.5. The Morgan fingerprint density at radius 2 is 1.21 bits per heavy atom. The standard InChI is InChI=1S/C31H26O3/c1-18(2)15-19-3-5-20(6-4-19)29-30-25-11-9-23(32)16-21(25)7-13-27(30)34-28-14-8-22-17-24(33)10-12-26(22)31(28)29/h3-14,16-18,29,32-33H,15H2,1-2H3. The Labute approximate surface area is 198 Å². The third kappa shape index (κ3) is 3.36. The molecular formula is C31H26O3. The van der Waals surface area contributed by atoms with Crippen LogP contribution < -0.4 is 4.74 Å². The summed E-state index contributed by atoms with van der Waals surface area (Å²) in [4.78, 5) is 0. The molecule has 1 heterocycles. The van der Waals surface area contributed by atoms with Crippen LogP contribution in [0.4, 0.5) is 0 Å². The molecule has 0 spiro atoms. The Kier molecular flexibility index (Phi) is 4.73. The van der Waals surface area contributed by atoms with Crippen molar-refractivity contribution in [2.24, 2.45) is 5.92 Å². The van der Waals surface area contributed by atoms with Gasteiger partial charge in [-0.1, -0.05) is 62.4 Å². The molecule has 0 amide bonds. The molecule has 1 aliphatic heterocycles. The molecule has 0 saturated heterocycles. The van der Waals surface area contributed by atoms with E-state index < -0.39 is 0 Å². The normalized spacial score (nSPS) is 13.1. The van der Waals surface area contributed by atoms with Gasteiger partial charge in [-0.2, -0.15) is 0 Å². The third-order valence-electron chi connectivity index (χ3n) is 6.76. The fraction of sp³-hybridized carbons (Fsp3) is 0.161. The Morgan fingerprint density at radius 3 is 1.71 bits per heavy atom. The number of rotatable bonds is 3. The average Bonchev–Trinajstić information content (AvgIpc) is 2.82. The molecule has 3 heteroatoms. The smallest absolute Gasteiger partial charge is 0.132 e. The van der Waals surface area contributed by atoms with Gasteiger partial charge in [0.05, 0.1) is 0 Å². The molecule has 0 aromatic heterocycles. The molecular weight excluding hydrogens is 420 g/mol. The summed E-state index contributed by atoms with van der Waals surface area (Å²) in [6.07, 6.45) is 1.05. The number of fused-ring (bicyclic) bond motifs is 6. The first-order valence-electron chi connectivity index (χ1n) is 11.8. The van der Waals surface area contributed by atoms with Crippen LogP contribution >= 0.6 is 0 Å². The van der Waals surface area contributed by atoms with E-state index in [0.717, 1.165) is 50.6 Å². The SMILES string of the molecule is CC(C)Cc1ccc(C2c3c(ccc4cc(O)ccc34)Oc3ccc4cc(O)ccc4c32)cc1. The highest BCUT2D eigenvalue weighted by Crippen LogP contribution is 2.52. The van der Waals surface area contributed by atoms with E-state index in [-0.39, 0.29) is 17.4 Å². The number of aromatic hydroxyl groups is 2. The summed E-state index contributed by atoms with van der Waals surface area (Å²) in [5.74, 6) is 2.72. The third-order valence-corrected chi connectivity index (χ3v) is 6.76. The van der Waals surface area contributed by atoms with Crippen molar-refractivity contribution >= 4 is 21.5 Å². The van der Waals surface area contributed by atoms with Crippen LogP contribution in [0.25, 0.3) is 21.5 Å². The van der Waals surface area contributed by atoms with E-state index in [1.165, 1.54) is 11.1 Å². The number of phenols is 2. The highest BCUT2D eigenvalue weighted by Gasteiger charge is 2.32. The van der Waals surface area contributed by atoms with Gasteiger partial charge in [0.25, 0.3) is 0 Å². The van der Waals surface area contributed by atoms with Gasteiger partial charge in [-0.05, 0) is 81.4 Å². The minimum Gasteiger partial charge on any atom is -0.508 e. The van der Waals surface area contributed by atoms with Crippen LogP contribution in [0.3, 0.4) is 0 Å². The lowest BCUT2D eigenvalue weighted by atomic mass is 9.78. The van der Waals surface area contributed by atoms with E-state index >= 15 is 0 Å². The molecule has 168 valence electrons. The molecule has 0 unspecified atom stereocenters. The second-order valence-electron chi connectivity index (χ2n) is 9.64. The molecule has 5 aromatic rings. The van der Waals surface area contributed by atoms with Crippen molar-refractivity contribution in [2.45, 2.75) is 26.2 Å². The molecule has 0 atom stereocenters. The highest BCUT2D eigenvalue weighted by atomic mass is 16.5. The summed E-state index contributed by atoms with van der Waals surface area (Å²) in [6, 6.07) is 28.0. The predicted molar refractivity (Wildman–Crippen MR) is 137 cm³/mol. The quantitative estimate of drug-likeness (QED) is 0.291. The van der Waals surface area contributed by atoms with Gasteiger partial charge >= 0.3 is 0 Å². The lowest BCUT2D eigenvalue weighted by molar-refractivity contribution is 0.455. The maximum absolute atomic E-state index is 10.1. The zero-order valence-corrected chi connectivity index (χ0v) is 19.2. The topological polar surface area (TPSA) is 49.7 Å². The highest BCUT2D eigenvalue weighted by molar-refractivity contribution is 5.95. The van der Waals surface area contributed by atoms with Gasteiger partial charge in [0.2, 0.25) is 0 Å². The van der Waals surface area contributed by atoms with Gasteiger partial charge in [-0.25, -0.2) is 0 Å². The monoisotopic (exact) mass is 446 g/mol. The fourth-order valence-corrected chi connectivity index (χ4v) is 5.33. The summed E-state index contributed by atoms with van der Waals surface area (Å²) in [5, 5.41) is 24.3. The number of ether oxygens (including phenoxy) is 1. The molecule has 3 nitrogen and oxygen atoms in total. The molecule has 5 aromatic carbocycles. The van der Waals surface area contributed by atoms with E-state index in [1.54, 1.807) is 24.3 Å². The van der Waals surface area contributed by atoms with Crippen molar-refractivity contribution < 1.29 is 14.9 Å². The second kappa shape index (κ2) is 7.81. The molecule has 0 aliphatic carbocycles. The van der Waals surface area contributed by atoms with Gasteiger partial charge in [0.1, 0.15) is 23.0 Å². The maximum Gasteiger partial charge on any atom is 0.132 e. The molecule has 1 aliphatic rings. The van der Waals surface area contributed by atoms with Gasteiger partial charge in [0, 0.05) is 17.0 Å². The van der Waals surface area contributed by atoms with E-state index in [0.29, 0.717) is 5.92 Å². The van der Waals surface area contributed by atoms with E-state index in [1.807, 2.05) is 36.4 Å². The largest absolute Gasteiger partial charge is 0.508 e. The molecule has 2 N–H and O–H groups in total. The van der Waals surface area contributed by atoms with Crippen LogP contribution in [0.2, 0.25) is 0 Å². The Morgan fingerprint density at radius 1 is 0.676 bits per heavy atom. The van der Waals surface area contributed by atoms with Gasteiger partial charge < -0.3 is 14.9 Å². The van der Waals surface area contributed by atoms with Crippen molar-refractivity contribution in [2.75, 3.05) is 0 Å². The van der Waals surface area contributed by atoms with Gasteiger partial charge in [0.15, 0.2) is 0 Å². The first-order valence-corrected chi connectivity index (χ1v) is 11.8. The second-order valence-corrected chi connectivity index (χ2v) is 9.64. The minimum atomic E-state index is -0.0478. The average molecular weight is 447 g/mol. The summed E-state index contributed by atoms with van der Waals surface area (Å²) in [6.45, 7) is 4.48. The van der Waals surface area contributed by atoms with Crippen molar-refractivity contribution in [1.82, 2.24) is 0 Å². The molecule has 6 rings (SSSR count). The van der Waals surface area contributed by atoms with E-state index in [4.69, 9.17) is 4.74 Å². The summed E-state index contributed by atoms with van der Waals surface area (Å²) in [5.41, 5.74) is 4.72. The number of hydrogen-bond donors (Lipinski definition) is 2. The van der Waals surface area contributed by atoms with Crippen LogP contribution in [-0.2, 0) is 6.42 Å². The molecule has 0 fully saturated rings. The van der Waals surface area contributed by atoms with Gasteiger partial charge in [-0.15, -0.1) is 0 Å². The fourth-order valence-electron chi connectivity index (χ4n) is 5.33. The number of benzene rings is 5. The summed E-state index contributed by atoms with van der Waals surface area (Å²) >= 11 is 0. The molecule has 34 heavy (non-hydrogen) atoms. The molecule has 0 bridgehead atoms. The predicted octanol–water partition coefficient (Wildman–Crippen LogP) is 7.89. The zero-order chi connectivity index (χ0) is 23.4. The first kappa shape index (κ1) is 20.6. The van der Waals surface area contributed by atoms with Crippen molar-refractivity contribution in [3.05, 3.63) is 107 Å². The Hall–Kier alpha value is -3.98. The van der Waals surface area contributed by atoms with E-state index in [9.17, 15) is 10.2 Å². The van der Waals surface area contributed by atoms with Crippen molar-refractivity contribution in [3.8, 4) is 23.0 Å². The maximum atomic E-state index is 10.1. The zero-order valence-electron chi connectivity index (χ0n) is 19.2. The van der Waals surface area contributed by atoms with Crippen LogP contribution in [0.15, 0.2) is 84.9 Å². The summed E-state index contributed by atoms with van der Waals surface area (Å²) in [7, 11) is 0. The minimum absolute atomic E-state index is 0.0478. The summed E-state index contributed by atoms with van der Waals surface area (Å²) < 4.78 is 6.46. The lowest BCUT2D eigenvalue weighted by Crippen LogP contribution is -2.13. The Bertz CT molecular complexity index is 1460. The van der Waals surface area contributed by atoms with Crippen LogP contribution in [0, 0.1) is 5.92 Å². The van der Waals surface area contributed by atoms with Crippen molar-refractivity contribution in [1.29, 1.82) is 0 Å². The molecule has 0 saturated carbocycles. The van der Waals surface area contributed by atoms with Crippen LogP contribution in [-0.4, -0.2) is 10.2 Å². The Balaban J connectivity index is 1.65. The molecule has 0 radical (unpaired) electrons.